The molecule has 0 fully saturated rings. The first kappa shape index (κ1) is 24.9. The molecule has 23 heavy (non-hydrogen) atoms. The zero-order valence-electron chi connectivity index (χ0n) is 15.8. The van der Waals surface area contributed by atoms with Crippen LogP contribution in [0.15, 0.2) is 12.2 Å². The first-order valence-corrected chi connectivity index (χ1v) is 9.53. The molecule has 0 N–H and O–H groups in total. The molecule has 1 amide bonds. The zero-order valence-corrected chi connectivity index (χ0v) is 17.5. The van der Waals surface area contributed by atoms with Gasteiger partial charge in [0.25, 0.3) is 0 Å². The SMILES string of the molecule is Br.CCCCCCCC/C=C\CCCCCCCC(=O)N(C)C. The van der Waals surface area contributed by atoms with Gasteiger partial charge in [-0.3, -0.25) is 4.79 Å². The van der Waals surface area contributed by atoms with Crippen molar-refractivity contribution in [2.75, 3.05) is 14.1 Å². The van der Waals surface area contributed by atoms with Crippen molar-refractivity contribution in [2.24, 2.45) is 0 Å². The molecule has 0 unspecified atom stereocenters. The predicted octanol–water partition coefficient (Wildman–Crippen LogP) is 6.69. The molecule has 0 saturated heterocycles. The van der Waals surface area contributed by atoms with E-state index in [0.29, 0.717) is 6.42 Å². The molecule has 0 aliphatic heterocycles. The van der Waals surface area contributed by atoms with Gasteiger partial charge in [-0.2, -0.15) is 0 Å². The number of nitrogens with zero attached hydrogens (tertiary/aromatic N) is 1. The Balaban J connectivity index is 0. The van der Waals surface area contributed by atoms with Gasteiger partial charge < -0.3 is 4.90 Å². The number of halogens is 1. The van der Waals surface area contributed by atoms with Crippen LogP contribution in [0.3, 0.4) is 0 Å². The third kappa shape index (κ3) is 19.6. The Morgan fingerprint density at radius 3 is 1.65 bits per heavy atom. The maximum Gasteiger partial charge on any atom is 0.222 e. The van der Waals surface area contributed by atoms with Gasteiger partial charge in [-0.05, 0) is 32.1 Å². The molecular weight excluding hydrogens is 350 g/mol. The van der Waals surface area contributed by atoms with E-state index < -0.39 is 0 Å². The number of rotatable bonds is 15. The lowest BCUT2D eigenvalue weighted by Crippen LogP contribution is -2.20. The lowest BCUT2D eigenvalue weighted by Gasteiger charge is -2.09. The summed E-state index contributed by atoms with van der Waals surface area (Å²) < 4.78 is 0. The van der Waals surface area contributed by atoms with Gasteiger partial charge in [0.15, 0.2) is 0 Å². The summed E-state index contributed by atoms with van der Waals surface area (Å²) in [4.78, 5) is 13.1. The van der Waals surface area contributed by atoms with E-state index in [4.69, 9.17) is 0 Å². The quantitative estimate of drug-likeness (QED) is 0.225. The molecule has 0 heterocycles. The molecule has 0 aliphatic carbocycles. The van der Waals surface area contributed by atoms with Crippen LogP contribution >= 0.6 is 17.0 Å². The fourth-order valence-corrected chi connectivity index (χ4v) is 2.57. The Morgan fingerprint density at radius 1 is 0.739 bits per heavy atom. The van der Waals surface area contributed by atoms with Gasteiger partial charge in [-0.1, -0.05) is 70.4 Å². The minimum absolute atomic E-state index is 0. The summed E-state index contributed by atoms with van der Waals surface area (Å²) in [6.45, 7) is 2.27. The zero-order chi connectivity index (χ0) is 16.5. The van der Waals surface area contributed by atoms with Crippen molar-refractivity contribution >= 4 is 22.9 Å². The smallest absolute Gasteiger partial charge is 0.222 e. The molecule has 0 aliphatic rings. The summed E-state index contributed by atoms with van der Waals surface area (Å²) in [5, 5.41) is 0. The van der Waals surface area contributed by atoms with Crippen LogP contribution in [0.5, 0.6) is 0 Å². The van der Waals surface area contributed by atoms with Gasteiger partial charge in [0.2, 0.25) is 5.91 Å². The molecule has 0 saturated carbocycles. The molecule has 0 rings (SSSR count). The highest BCUT2D eigenvalue weighted by molar-refractivity contribution is 8.93. The Bertz CT molecular complexity index is 277. The third-order valence-electron chi connectivity index (χ3n) is 4.15. The number of amides is 1. The number of hydrogen-bond donors (Lipinski definition) is 0. The molecular formula is C20H40BrNO. The van der Waals surface area contributed by atoms with Crippen molar-refractivity contribution in [3.63, 3.8) is 0 Å². The highest BCUT2D eigenvalue weighted by Gasteiger charge is 2.02. The van der Waals surface area contributed by atoms with Crippen LogP contribution in [0.1, 0.15) is 96.8 Å². The largest absolute Gasteiger partial charge is 0.349 e. The molecule has 0 aromatic rings. The van der Waals surface area contributed by atoms with Gasteiger partial charge in [-0.15, -0.1) is 17.0 Å². The number of unbranched alkanes of at least 4 members (excludes halogenated alkanes) is 11. The molecule has 0 spiro atoms. The molecule has 3 heteroatoms. The number of hydrogen-bond acceptors (Lipinski definition) is 1. The third-order valence-corrected chi connectivity index (χ3v) is 4.15. The van der Waals surface area contributed by atoms with Crippen LogP contribution in [0.25, 0.3) is 0 Å². The first-order valence-electron chi connectivity index (χ1n) is 9.53. The maximum absolute atomic E-state index is 11.4. The van der Waals surface area contributed by atoms with Gasteiger partial charge in [0, 0.05) is 20.5 Å². The molecule has 2 nitrogen and oxygen atoms in total. The fourth-order valence-electron chi connectivity index (χ4n) is 2.57. The summed E-state index contributed by atoms with van der Waals surface area (Å²) in [5.74, 6) is 0.262. The Kier molecular flexibility index (Phi) is 21.4. The summed E-state index contributed by atoms with van der Waals surface area (Å²) in [6, 6.07) is 0. The van der Waals surface area contributed by atoms with Crippen LogP contribution in [-0.4, -0.2) is 24.9 Å². The van der Waals surface area contributed by atoms with Crippen LogP contribution < -0.4 is 0 Å². The average molecular weight is 390 g/mol. The van der Waals surface area contributed by atoms with Crippen LogP contribution in [0.2, 0.25) is 0 Å². The first-order chi connectivity index (χ1) is 10.7. The van der Waals surface area contributed by atoms with E-state index in [0.717, 1.165) is 6.42 Å². The Labute approximate surface area is 155 Å². The van der Waals surface area contributed by atoms with E-state index >= 15 is 0 Å². The molecule has 0 aromatic carbocycles. The number of carbonyl (C=O) groups excluding carboxylic acids is 1. The standard InChI is InChI=1S/C20H39NO.BrH/c1-4-5-6-7-8-9-10-11-12-13-14-15-16-17-18-19-20(22)21(2)3;/h11-12H,4-10,13-19H2,1-3H3;1H/b12-11-;. The molecule has 138 valence electrons. The fraction of sp³-hybridized carbons (Fsp3) is 0.850. The average Bonchev–Trinajstić information content (AvgIpc) is 2.50. The topological polar surface area (TPSA) is 20.3 Å². The Morgan fingerprint density at radius 2 is 1.17 bits per heavy atom. The normalized spacial score (nSPS) is 10.7. The lowest BCUT2D eigenvalue weighted by molar-refractivity contribution is -0.128. The highest BCUT2D eigenvalue weighted by atomic mass is 79.9. The summed E-state index contributed by atoms with van der Waals surface area (Å²) in [6.07, 6.45) is 22.4. The minimum atomic E-state index is 0. The van der Waals surface area contributed by atoms with Crippen LogP contribution in [-0.2, 0) is 4.79 Å². The predicted molar refractivity (Wildman–Crippen MR) is 108 cm³/mol. The second-order valence-corrected chi connectivity index (χ2v) is 6.62. The van der Waals surface area contributed by atoms with Crippen molar-refractivity contribution in [1.29, 1.82) is 0 Å². The van der Waals surface area contributed by atoms with Crippen molar-refractivity contribution < 1.29 is 4.79 Å². The van der Waals surface area contributed by atoms with Gasteiger partial charge in [0.05, 0.1) is 0 Å². The van der Waals surface area contributed by atoms with Crippen molar-refractivity contribution in [3.8, 4) is 0 Å². The van der Waals surface area contributed by atoms with Gasteiger partial charge in [-0.25, -0.2) is 0 Å². The van der Waals surface area contributed by atoms with E-state index in [1.807, 2.05) is 14.1 Å². The van der Waals surface area contributed by atoms with Crippen molar-refractivity contribution in [2.45, 2.75) is 96.8 Å². The number of allylic oxidation sites excluding steroid dienone is 2. The van der Waals surface area contributed by atoms with Crippen LogP contribution in [0, 0.1) is 0 Å². The van der Waals surface area contributed by atoms with E-state index in [9.17, 15) is 4.79 Å². The highest BCUT2D eigenvalue weighted by Crippen LogP contribution is 2.10. The molecule has 0 atom stereocenters. The number of carbonyl (C=O) groups is 1. The van der Waals surface area contributed by atoms with Crippen molar-refractivity contribution in [3.05, 3.63) is 12.2 Å². The Hall–Kier alpha value is -0.310. The van der Waals surface area contributed by atoms with Gasteiger partial charge in [0.1, 0.15) is 0 Å². The minimum Gasteiger partial charge on any atom is -0.349 e. The van der Waals surface area contributed by atoms with Crippen LogP contribution in [0.4, 0.5) is 0 Å². The molecule has 0 aromatic heterocycles. The second kappa shape index (κ2) is 19.7. The monoisotopic (exact) mass is 389 g/mol. The maximum atomic E-state index is 11.4. The van der Waals surface area contributed by atoms with E-state index in [-0.39, 0.29) is 22.9 Å². The molecule has 0 bridgehead atoms. The summed E-state index contributed by atoms with van der Waals surface area (Å²) in [7, 11) is 3.67. The van der Waals surface area contributed by atoms with E-state index in [1.54, 1.807) is 4.90 Å². The van der Waals surface area contributed by atoms with E-state index in [1.165, 1.54) is 77.0 Å². The van der Waals surface area contributed by atoms with E-state index in [2.05, 4.69) is 19.1 Å². The van der Waals surface area contributed by atoms with Gasteiger partial charge >= 0.3 is 0 Å². The van der Waals surface area contributed by atoms with Crippen molar-refractivity contribution in [1.82, 2.24) is 4.90 Å². The molecule has 0 radical (unpaired) electrons. The summed E-state index contributed by atoms with van der Waals surface area (Å²) in [5.41, 5.74) is 0. The lowest BCUT2D eigenvalue weighted by atomic mass is 10.1. The summed E-state index contributed by atoms with van der Waals surface area (Å²) >= 11 is 0. The second-order valence-electron chi connectivity index (χ2n) is 6.62.